The first-order valence-electron chi connectivity index (χ1n) is 10.8. The van der Waals surface area contributed by atoms with E-state index in [0.717, 1.165) is 31.5 Å². The molecule has 33 heavy (non-hydrogen) atoms. The van der Waals surface area contributed by atoms with Crippen molar-refractivity contribution in [2.45, 2.75) is 25.3 Å². The van der Waals surface area contributed by atoms with Crippen LogP contribution >= 0.6 is 23.2 Å². The molecule has 0 bridgehead atoms. The second-order valence-corrected chi connectivity index (χ2v) is 8.79. The molecule has 0 aromatic heterocycles. The number of halogens is 2. The van der Waals surface area contributed by atoms with Gasteiger partial charge in [0.1, 0.15) is 6.04 Å². The minimum absolute atomic E-state index is 0.128. The number of hydrogen-bond acceptors (Lipinski definition) is 5. The number of carbonyl (C=O) groups is 2. The van der Waals surface area contributed by atoms with Gasteiger partial charge in [0.15, 0.2) is 0 Å². The first kappa shape index (κ1) is 25.2. The molecule has 6 nitrogen and oxygen atoms in total. The summed E-state index contributed by atoms with van der Waals surface area (Å²) in [6.45, 7) is 2.71. The summed E-state index contributed by atoms with van der Waals surface area (Å²) in [4.78, 5) is 27.3. The minimum atomic E-state index is -0.876. The number of β-amino-alcohol motifs (C(OH)–C–C–N with tert-alkyl or cyclic N) is 1. The van der Waals surface area contributed by atoms with Gasteiger partial charge in [-0.1, -0.05) is 65.2 Å². The van der Waals surface area contributed by atoms with Gasteiger partial charge < -0.3 is 15.2 Å². The topological polar surface area (TPSA) is 78.9 Å². The van der Waals surface area contributed by atoms with E-state index in [2.05, 4.69) is 16.3 Å². The highest BCUT2D eigenvalue weighted by Crippen LogP contribution is 2.24. The maximum absolute atomic E-state index is 12.7. The molecule has 1 atom stereocenters. The largest absolute Gasteiger partial charge is 0.467 e. The number of nitrogens with zero attached hydrogens (tertiary/aromatic N) is 1. The molecular formula is C25H28Cl2N2O4. The summed E-state index contributed by atoms with van der Waals surface area (Å²) in [6.07, 6.45) is 4.37. The molecule has 176 valence electrons. The second kappa shape index (κ2) is 12.2. The van der Waals surface area contributed by atoms with Gasteiger partial charge >= 0.3 is 5.97 Å². The van der Waals surface area contributed by atoms with Crippen molar-refractivity contribution in [3.8, 4) is 0 Å². The van der Waals surface area contributed by atoms with Gasteiger partial charge in [-0.25, -0.2) is 4.79 Å². The van der Waals surface area contributed by atoms with Crippen LogP contribution in [0.25, 0.3) is 0 Å². The standard InChI is InChI=1S/C25H28Cl2N2O4/c1-33-25(32)22(28-24(31)23-20(26)3-2-4-21(23)27)16-18-7-5-17(6-8-18)15-19-9-11-29(12-10-19)13-14-30/h2-9,22,30H,10-16H2,1H3,(H,28,31). The zero-order valence-corrected chi connectivity index (χ0v) is 20.0. The summed E-state index contributed by atoms with van der Waals surface area (Å²) in [6, 6.07) is 11.9. The van der Waals surface area contributed by atoms with Crippen molar-refractivity contribution in [3.05, 3.63) is 80.8 Å². The lowest BCUT2D eigenvalue weighted by Gasteiger charge is -2.25. The van der Waals surface area contributed by atoms with Gasteiger partial charge in [0.2, 0.25) is 0 Å². The number of ether oxygens (including phenoxy) is 1. The molecule has 0 fully saturated rings. The third-order valence-electron chi connectivity index (χ3n) is 5.68. The first-order valence-corrected chi connectivity index (χ1v) is 11.6. The Kier molecular flexibility index (Phi) is 9.32. The van der Waals surface area contributed by atoms with Crippen LogP contribution in [0.3, 0.4) is 0 Å². The third kappa shape index (κ3) is 7.05. The molecule has 1 amide bonds. The maximum atomic E-state index is 12.7. The van der Waals surface area contributed by atoms with Crippen LogP contribution in [-0.2, 0) is 22.4 Å². The van der Waals surface area contributed by atoms with E-state index in [1.807, 2.05) is 24.3 Å². The van der Waals surface area contributed by atoms with Gasteiger partial charge in [-0.3, -0.25) is 9.69 Å². The highest BCUT2D eigenvalue weighted by atomic mass is 35.5. The lowest BCUT2D eigenvalue weighted by atomic mass is 9.97. The Morgan fingerprint density at radius 2 is 1.79 bits per heavy atom. The lowest BCUT2D eigenvalue weighted by Crippen LogP contribution is -2.43. The van der Waals surface area contributed by atoms with Crippen LogP contribution in [0, 0.1) is 0 Å². The number of aliphatic hydroxyl groups is 1. The molecule has 1 heterocycles. The Morgan fingerprint density at radius 1 is 1.12 bits per heavy atom. The van der Waals surface area contributed by atoms with Crippen molar-refractivity contribution in [3.63, 3.8) is 0 Å². The summed E-state index contributed by atoms with van der Waals surface area (Å²) >= 11 is 12.2. The van der Waals surface area contributed by atoms with Gasteiger partial charge in [0, 0.05) is 26.1 Å². The number of esters is 1. The van der Waals surface area contributed by atoms with E-state index in [1.54, 1.807) is 18.2 Å². The molecule has 1 aliphatic rings. The molecule has 2 aromatic rings. The fraction of sp³-hybridized carbons (Fsp3) is 0.360. The SMILES string of the molecule is COC(=O)C(Cc1ccc(CC2=CCN(CCO)CC2)cc1)NC(=O)c1c(Cl)cccc1Cl. The maximum Gasteiger partial charge on any atom is 0.328 e. The summed E-state index contributed by atoms with van der Waals surface area (Å²) in [5, 5.41) is 12.2. The number of hydrogen-bond donors (Lipinski definition) is 2. The fourth-order valence-corrected chi connectivity index (χ4v) is 4.40. The molecule has 0 saturated heterocycles. The van der Waals surface area contributed by atoms with E-state index in [0.29, 0.717) is 6.54 Å². The Bertz CT molecular complexity index is 988. The van der Waals surface area contributed by atoms with Gasteiger partial charge in [0.05, 0.1) is 29.3 Å². The summed E-state index contributed by atoms with van der Waals surface area (Å²) < 4.78 is 4.89. The Labute approximate surface area is 204 Å². The van der Waals surface area contributed by atoms with Crippen LogP contribution in [0.4, 0.5) is 0 Å². The van der Waals surface area contributed by atoms with E-state index in [4.69, 9.17) is 33.0 Å². The molecule has 1 aliphatic heterocycles. The van der Waals surface area contributed by atoms with Crippen molar-refractivity contribution < 1.29 is 19.4 Å². The van der Waals surface area contributed by atoms with Crippen LogP contribution in [0.15, 0.2) is 54.1 Å². The zero-order valence-electron chi connectivity index (χ0n) is 18.5. The van der Waals surface area contributed by atoms with Crippen molar-refractivity contribution in [1.29, 1.82) is 0 Å². The van der Waals surface area contributed by atoms with E-state index in [1.165, 1.54) is 18.2 Å². The Morgan fingerprint density at radius 3 is 2.36 bits per heavy atom. The normalized spacial score (nSPS) is 15.0. The summed E-state index contributed by atoms with van der Waals surface area (Å²) in [5.74, 6) is -1.08. The highest BCUT2D eigenvalue weighted by Gasteiger charge is 2.25. The predicted molar refractivity (Wildman–Crippen MR) is 130 cm³/mol. The monoisotopic (exact) mass is 490 g/mol. The molecule has 0 radical (unpaired) electrons. The molecule has 2 aromatic carbocycles. The minimum Gasteiger partial charge on any atom is -0.467 e. The number of methoxy groups -OCH3 is 1. The van der Waals surface area contributed by atoms with E-state index in [9.17, 15) is 9.59 Å². The number of amides is 1. The van der Waals surface area contributed by atoms with Crippen molar-refractivity contribution >= 4 is 35.1 Å². The molecule has 8 heteroatoms. The molecule has 0 spiro atoms. The lowest BCUT2D eigenvalue weighted by molar-refractivity contribution is -0.142. The van der Waals surface area contributed by atoms with Crippen LogP contribution in [0.5, 0.6) is 0 Å². The number of rotatable bonds is 9. The predicted octanol–water partition coefficient (Wildman–Crippen LogP) is 3.67. The van der Waals surface area contributed by atoms with Crippen molar-refractivity contribution in [2.75, 3.05) is 33.4 Å². The average Bonchev–Trinajstić information content (AvgIpc) is 2.80. The highest BCUT2D eigenvalue weighted by molar-refractivity contribution is 6.39. The van der Waals surface area contributed by atoms with E-state index in [-0.39, 0.29) is 28.6 Å². The smallest absolute Gasteiger partial charge is 0.328 e. The molecule has 2 N–H and O–H groups in total. The number of carbonyl (C=O) groups excluding carboxylic acids is 2. The molecule has 0 saturated carbocycles. The molecule has 3 rings (SSSR count). The van der Waals surface area contributed by atoms with E-state index < -0.39 is 17.9 Å². The van der Waals surface area contributed by atoms with Crippen LogP contribution in [-0.4, -0.2) is 61.3 Å². The number of nitrogens with one attached hydrogen (secondary N) is 1. The van der Waals surface area contributed by atoms with Crippen LogP contribution in [0.2, 0.25) is 10.0 Å². The van der Waals surface area contributed by atoms with Crippen LogP contribution < -0.4 is 5.32 Å². The van der Waals surface area contributed by atoms with E-state index >= 15 is 0 Å². The summed E-state index contributed by atoms with van der Waals surface area (Å²) in [7, 11) is 1.28. The zero-order chi connectivity index (χ0) is 23.8. The molecule has 1 unspecified atom stereocenters. The average molecular weight is 491 g/mol. The second-order valence-electron chi connectivity index (χ2n) is 7.98. The van der Waals surface area contributed by atoms with Gasteiger partial charge in [-0.05, 0) is 36.1 Å². The summed E-state index contributed by atoms with van der Waals surface area (Å²) in [5.41, 5.74) is 3.59. The number of benzene rings is 2. The first-order chi connectivity index (χ1) is 15.9. The molecular weight excluding hydrogens is 463 g/mol. The van der Waals surface area contributed by atoms with Crippen molar-refractivity contribution in [2.24, 2.45) is 0 Å². The Hall–Kier alpha value is -2.38. The van der Waals surface area contributed by atoms with Crippen LogP contribution in [0.1, 0.15) is 27.9 Å². The van der Waals surface area contributed by atoms with Crippen molar-refractivity contribution in [1.82, 2.24) is 10.2 Å². The van der Waals surface area contributed by atoms with Gasteiger partial charge in [-0.2, -0.15) is 0 Å². The fourth-order valence-electron chi connectivity index (χ4n) is 3.83. The number of aliphatic hydroxyl groups excluding tert-OH is 1. The molecule has 0 aliphatic carbocycles. The Balaban J connectivity index is 1.64. The van der Waals surface area contributed by atoms with Gasteiger partial charge in [-0.15, -0.1) is 0 Å². The third-order valence-corrected chi connectivity index (χ3v) is 6.31. The quantitative estimate of drug-likeness (QED) is 0.414. The van der Waals surface area contributed by atoms with Gasteiger partial charge in [0.25, 0.3) is 5.91 Å².